The highest BCUT2D eigenvalue weighted by Crippen LogP contribution is 2.12. The number of nitrogens with zero attached hydrogens (tertiary/aromatic N) is 1. The van der Waals surface area contributed by atoms with Crippen LogP contribution in [0.4, 0.5) is 0 Å². The lowest BCUT2D eigenvalue weighted by Gasteiger charge is -2.12. The van der Waals surface area contributed by atoms with Gasteiger partial charge in [0.25, 0.3) is 0 Å². The molecule has 26 heavy (non-hydrogen) atoms. The number of nitrogens with one attached hydrogen (secondary N) is 2. The second kappa shape index (κ2) is 11.3. The van der Waals surface area contributed by atoms with Gasteiger partial charge in [-0.3, -0.25) is 4.79 Å². The second-order valence-electron chi connectivity index (χ2n) is 5.46. The van der Waals surface area contributed by atoms with Crippen LogP contribution in [0.15, 0.2) is 53.5 Å². The summed E-state index contributed by atoms with van der Waals surface area (Å²) in [6.45, 7) is 3.85. The summed E-state index contributed by atoms with van der Waals surface area (Å²) in [5.41, 5.74) is 7.82. The van der Waals surface area contributed by atoms with E-state index in [9.17, 15) is 4.79 Å². The van der Waals surface area contributed by atoms with Gasteiger partial charge >= 0.3 is 0 Å². The van der Waals surface area contributed by atoms with Crippen LogP contribution in [-0.2, 0) is 13.1 Å². The van der Waals surface area contributed by atoms with Crippen molar-refractivity contribution in [2.45, 2.75) is 20.0 Å². The Kier molecular flexibility index (Phi) is 9.50. The van der Waals surface area contributed by atoms with Crippen LogP contribution in [0.5, 0.6) is 5.75 Å². The number of hydrogen-bond acceptors (Lipinski definition) is 3. The number of carbonyl (C=O) groups excluding carboxylic acids is 1. The molecule has 7 heteroatoms. The molecule has 0 aromatic heterocycles. The lowest BCUT2D eigenvalue weighted by molar-refractivity contribution is 0.1000. The Hall–Kier alpha value is -2.29. The van der Waals surface area contributed by atoms with Gasteiger partial charge in [0.1, 0.15) is 5.75 Å². The number of methoxy groups -OCH3 is 1. The van der Waals surface area contributed by atoms with Crippen LogP contribution < -0.4 is 21.1 Å². The first-order valence-corrected chi connectivity index (χ1v) is 8.16. The number of ether oxygens (including phenoxy) is 1. The van der Waals surface area contributed by atoms with Crippen LogP contribution in [0.2, 0.25) is 0 Å². The van der Waals surface area contributed by atoms with Gasteiger partial charge in [-0.2, -0.15) is 0 Å². The highest BCUT2D eigenvalue weighted by Gasteiger charge is 2.03. The van der Waals surface area contributed by atoms with Crippen molar-refractivity contribution in [2.24, 2.45) is 10.7 Å². The summed E-state index contributed by atoms with van der Waals surface area (Å²) in [6, 6.07) is 15.1. The fourth-order valence-electron chi connectivity index (χ4n) is 2.30. The molecule has 0 saturated heterocycles. The van der Waals surface area contributed by atoms with E-state index in [1.54, 1.807) is 19.2 Å². The molecular formula is C19H25IN4O2. The van der Waals surface area contributed by atoms with E-state index in [0.29, 0.717) is 24.6 Å². The quantitative estimate of drug-likeness (QED) is 0.331. The first-order chi connectivity index (χ1) is 12.1. The molecule has 0 fully saturated rings. The lowest BCUT2D eigenvalue weighted by Crippen LogP contribution is -2.36. The Balaban J connectivity index is 0.00000338. The van der Waals surface area contributed by atoms with Gasteiger partial charge in [-0.25, -0.2) is 4.99 Å². The Morgan fingerprint density at radius 2 is 1.85 bits per heavy atom. The Labute approximate surface area is 171 Å². The van der Waals surface area contributed by atoms with E-state index < -0.39 is 5.91 Å². The smallest absolute Gasteiger partial charge is 0.248 e. The zero-order valence-electron chi connectivity index (χ0n) is 15.0. The standard InChI is InChI=1S/C19H24N4O2.HI/c1-3-21-19(23-13-15-7-5-9-17(11-15)25-2)22-12-14-6-4-8-16(10-14)18(20)24;/h4-11H,3,12-13H2,1-2H3,(H2,20,24)(H2,21,22,23);1H. The van der Waals surface area contributed by atoms with Crippen molar-refractivity contribution in [2.75, 3.05) is 13.7 Å². The monoisotopic (exact) mass is 468 g/mol. The van der Waals surface area contributed by atoms with Crippen molar-refractivity contribution in [3.8, 4) is 5.75 Å². The summed E-state index contributed by atoms with van der Waals surface area (Å²) in [5, 5.41) is 6.49. The molecule has 0 aliphatic rings. The number of amides is 1. The largest absolute Gasteiger partial charge is 0.497 e. The number of rotatable bonds is 7. The molecule has 1 amide bonds. The van der Waals surface area contributed by atoms with E-state index >= 15 is 0 Å². The van der Waals surface area contributed by atoms with Gasteiger partial charge in [0.15, 0.2) is 5.96 Å². The summed E-state index contributed by atoms with van der Waals surface area (Å²) in [7, 11) is 1.65. The van der Waals surface area contributed by atoms with Gasteiger partial charge in [-0.05, 0) is 42.3 Å². The zero-order valence-corrected chi connectivity index (χ0v) is 17.3. The van der Waals surface area contributed by atoms with Crippen LogP contribution in [0, 0.1) is 0 Å². The van der Waals surface area contributed by atoms with Crippen molar-refractivity contribution in [3.63, 3.8) is 0 Å². The van der Waals surface area contributed by atoms with E-state index in [1.807, 2.05) is 43.3 Å². The molecule has 0 heterocycles. The highest BCUT2D eigenvalue weighted by atomic mass is 127. The molecule has 2 aromatic carbocycles. The average molecular weight is 468 g/mol. The first-order valence-electron chi connectivity index (χ1n) is 8.16. The van der Waals surface area contributed by atoms with Gasteiger partial charge in [0.2, 0.25) is 5.91 Å². The Morgan fingerprint density at radius 3 is 2.54 bits per heavy atom. The lowest BCUT2D eigenvalue weighted by atomic mass is 10.1. The molecule has 4 N–H and O–H groups in total. The molecule has 0 radical (unpaired) electrons. The molecule has 0 atom stereocenters. The number of primary amides is 1. The fraction of sp³-hybridized carbons (Fsp3) is 0.263. The minimum atomic E-state index is -0.436. The minimum absolute atomic E-state index is 0. The number of benzene rings is 2. The molecule has 0 aliphatic carbocycles. The summed E-state index contributed by atoms with van der Waals surface area (Å²) in [5.74, 6) is 1.09. The van der Waals surface area contributed by atoms with Gasteiger partial charge in [-0.1, -0.05) is 24.3 Å². The van der Waals surface area contributed by atoms with Crippen molar-refractivity contribution in [3.05, 3.63) is 65.2 Å². The van der Waals surface area contributed by atoms with Crippen molar-refractivity contribution < 1.29 is 9.53 Å². The number of aliphatic imine (C=N–C) groups is 1. The second-order valence-corrected chi connectivity index (χ2v) is 5.46. The molecular weight excluding hydrogens is 443 g/mol. The van der Waals surface area contributed by atoms with Crippen molar-refractivity contribution in [1.82, 2.24) is 10.6 Å². The van der Waals surface area contributed by atoms with Crippen molar-refractivity contribution in [1.29, 1.82) is 0 Å². The van der Waals surface area contributed by atoms with Crippen molar-refractivity contribution >= 4 is 35.8 Å². The predicted molar refractivity (Wildman–Crippen MR) is 115 cm³/mol. The fourth-order valence-corrected chi connectivity index (χ4v) is 2.30. The number of nitrogens with two attached hydrogens (primary N) is 1. The molecule has 2 aromatic rings. The minimum Gasteiger partial charge on any atom is -0.497 e. The summed E-state index contributed by atoms with van der Waals surface area (Å²) < 4.78 is 5.23. The van der Waals surface area contributed by atoms with Crippen LogP contribution in [0.1, 0.15) is 28.4 Å². The maximum absolute atomic E-state index is 11.3. The van der Waals surface area contributed by atoms with E-state index in [1.165, 1.54) is 0 Å². The third kappa shape index (κ3) is 6.91. The topological polar surface area (TPSA) is 88.7 Å². The number of guanidine groups is 1. The van der Waals surface area contributed by atoms with Gasteiger partial charge in [-0.15, -0.1) is 24.0 Å². The van der Waals surface area contributed by atoms with Gasteiger partial charge < -0.3 is 21.1 Å². The summed E-state index contributed by atoms with van der Waals surface area (Å²) in [4.78, 5) is 15.8. The predicted octanol–water partition coefficient (Wildman–Crippen LogP) is 2.67. The van der Waals surface area contributed by atoms with Crippen LogP contribution >= 0.6 is 24.0 Å². The molecule has 2 rings (SSSR count). The third-order valence-electron chi connectivity index (χ3n) is 3.57. The van der Waals surface area contributed by atoms with Gasteiger partial charge in [0, 0.05) is 18.7 Å². The Morgan fingerprint density at radius 1 is 1.12 bits per heavy atom. The number of carbonyl (C=O) groups is 1. The normalized spacial score (nSPS) is 10.6. The molecule has 0 saturated carbocycles. The molecule has 0 bridgehead atoms. The molecule has 0 aliphatic heterocycles. The average Bonchev–Trinajstić information content (AvgIpc) is 2.64. The Bertz CT molecular complexity index is 750. The SMILES string of the molecule is CCNC(=NCc1cccc(C(N)=O)c1)NCc1cccc(OC)c1.I. The van der Waals surface area contributed by atoms with Crippen LogP contribution in [0.25, 0.3) is 0 Å². The molecule has 0 spiro atoms. The molecule has 0 unspecified atom stereocenters. The van der Waals surface area contributed by atoms with E-state index in [4.69, 9.17) is 10.5 Å². The molecule has 6 nitrogen and oxygen atoms in total. The van der Waals surface area contributed by atoms with Crippen LogP contribution in [-0.4, -0.2) is 25.5 Å². The first kappa shape index (κ1) is 21.8. The van der Waals surface area contributed by atoms with Crippen LogP contribution in [0.3, 0.4) is 0 Å². The number of hydrogen-bond donors (Lipinski definition) is 3. The maximum atomic E-state index is 11.3. The van der Waals surface area contributed by atoms with E-state index in [2.05, 4.69) is 15.6 Å². The number of halogens is 1. The maximum Gasteiger partial charge on any atom is 0.248 e. The summed E-state index contributed by atoms with van der Waals surface area (Å²) >= 11 is 0. The van der Waals surface area contributed by atoms with E-state index in [0.717, 1.165) is 23.4 Å². The highest BCUT2D eigenvalue weighted by molar-refractivity contribution is 14.0. The summed E-state index contributed by atoms with van der Waals surface area (Å²) in [6.07, 6.45) is 0. The molecule has 140 valence electrons. The third-order valence-corrected chi connectivity index (χ3v) is 3.57. The van der Waals surface area contributed by atoms with E-state index in [-0.39, 0.29) is 24.0 Å². The zero-order chi connectivity index (χ0) is 18.1. The van der Waals surface area contributed by atoms with Gasteiger partial charge in [0.05, 0.1) is 13.7 Å².